The Morgan fingerprint density at radius 3 is 3.00 bits per heavy atom. The van der Waals surface area contributed by atoms with Gasteiger partial charge in [-0.1, -0.05) is 0 Å². The van der Waals surface area contributed by atoms with E-state index < -0.39 is 0 Å². The van der Waals surface area contributed by atoms with E-state index in [1.165, 1.54) is 0 Å². The summed E-state index contributed by atoms with van der Waals surface area (Å²) < 4.78 is 7.12. The fraction of sp³-hybridized carbons (Fsp3) is 0.400. The Balaban J connectivity index is 1.92. The summed E-state index contributed by atoms with van der Waals surface area (Å²) in [7, 11) is 0. The molecule has 0 aliphatic rings. The maximum atomic E-state index is 5.77. The number of hydrogen-bond donors (Lipinski definition) is 1. The number of halogens is 1. The van der Waals surface area contributed by atoms with Gasteiger partial charge in [-0.15, -0.1) is 0 Å². The minimum absolute atomic E-state index is 0.110. The smallest absolute Gasteiger partial charge is 0.322 e. The van der Waals surface area contributed by atoms with Crippen LogP contribution in [0.4, 0.5) is 5.95 Å². The number of hydrogen-bond acceptors (Lipinski definition) is 6. The number of aromatic nitrogens is 5. The average molecular weight is 269 g/mol. The van der Waals surface area contributed by atoms with Crippen LogP contribution in [0.15, 0.2) is 18.7 Å². The van der Waals surface area contributed by atoms with Gasteiger partial charge in [0.25, 0.3) is 0 Å². The molecular formula is C10H13ClN6O. The normalized spacial score (nSPS) is 10.3. The molecule has 0 aromatic carbocycles. The van der Waals surface area contributed by atoms with E-state index in [2.05, 4.69) is 25.3 Å². The molecule has 0 aliphatic heterocycles. The molecule has 0 atom stereocenters. The minimum Gasteiger partial charge on any atom is -0.464 e. The van der Waals surface area contributed by atoms with Crippen LogP contribution in [0.25, 0.3) is 0 Å². The maximum Gasteiger partial charge on any atom is 0.322 e. The molecule has 0 saturated carbocycles. The van der Waals surface area contributed by atoms with Crippen molar-refractivity contribution >= 4 is 17.5 Å². The van der Waals surface area contributed by atoms with E-state index in [1.54, 1.807) is 12.5 Å². The number of imidazole rings is 1. The van der Waals surface area contributed by atoms with Gasteiger partial charge < -0.3 is 14.6 Å². The molecule has 0 unspecified atom stereocenters. The first-order chi connectivity index (χ1) is 8.78. The van der Waals surface area contributed by atoms with Gasteiger partial charge in [-0.25, -0.2) is 4.98 Å². The molecule has 2 aromatic heterocycles. The van der Waals surface area contributed by atoms with E-state index in [0.717, 1.165) is 6.54 Å². The van der Waals surface area contributed by atoms with Gasteiger partial charge in [0.1, 0.15) is 0 Å². The predicted molar refractivity (Wildman–Crippen MR) is 66.7 cm³/mol. The Hall–Kier alpha value is -1.89. The van der Waals surface area contributed by atoms with Crippen molar-refractivity contribution in [3.63, 3.8) is 0 Å². The third-order valence-corrected chi connectivity index (χ3v) is 2.24. The zero-order valence-electron chi connectivity index (χ0n) is 9.88. The van der Waals surface area contributed by atoms with Gasteiger partial charge >= 0.3 is 6.01 Å². The van der Waals surface area contributed by atoms with Crippen LogP contribution in [0.3, 0.4) is 0 Å². The van der Waals surface area contributed by atoms with E-state index in [-0.39, 0.29) is 11.3 Å². The van der Waals surface area contributed by atoms with Crippen LogP contribution in [-0.4, -0.2) is 37.7 Å². The Morgan fingerprint density at radius 1 is 1.39 bits per heavy atom. The lowest BCUT2D eigenvalue weighted by Gasteiger charge is -2.07. The number of nitrogens with one attached hydrogen (secondary N) is 1. The molecule has 18 heavy (non-hydrogen) atoms. The average Bonchev–Trinajstić information content (AvgIpc) is 2.82. The molecule has 1 N–H and O–H groups in total. The van der Waals surface area contributed by atoms with Gasteiger partial charge in [-0.3, -0.25) is 0 Å². The fourth-order valence-corrected chi connectivity index (χ4v) is 1.47. The second kappa shape index (κ2) is 6.15. The van der Waals surface area contributed by atoms with Crippen LogP contribution in [0.5, 0.6) is 6.01 Å². The molecule has 0 aliphatic carbocycles. The van der Waals surface area contributed by atoms with Crippen LogP contribution < -0.4 is 10.1 Å². The molecule has 0 amide bonds. The Labute approximate surface area is 109 Å². The van der Waals surface area contributed by atoms with Crippen molar-refractivity contribution in [2.75, 3.05) is 18.5 Å². The zero-order chi connectivity index (χ0) is 12.8. The third-order valence-electron chi connectivity index (χ3n) is 2.07. The monoisotopic (exact) mass is 268 g/mol. The number of anilines is 1. The lowest BCUT2D eigenvalue weighted by atomic mass is 10.6. The Morgan fingerprint density at radius 2 is 2.28 bits per heavy atom. The molecule has 0 spiro atoms. The molecule has 2 heterocycles. The van der Waals surface area contributed by atoms with Gasteiger partial charge in [-0.05, 0) is 18.5 Å². The summed E-state index contributed by atoms with van der Waals surface area (Å²) in [4.78, 5) is 15.8. The predicted octanol–water partition coefficient (Wildman–Crippen LogP) is 1.23. The van der Waals surface area contributed by atoms with E-state index in [4.69, 9.17) is 16.3 Å². The number of ether oxygens (including phenoxy) is 1. The molecular weight excluding hydrogens is 256 g/mol. The van der Waals surface area contributed by atoms with E-state index >= 15 is 0 Å². The molecule has 0 saturated heterocycles. The largest absolute Gasteiger partial charge is 0.464 e. The van der Waals surface area contributed by atoms with E-state index in [9.17, 15) is 0 Å². The van der Waals surface area contributed by atoms with Gasteiger partial charge in [0.2, 0.25) is 11.2 Å². The quantitative estimate of drug-likeness (QED) is 0.849. The van der Waals surface area contributed by atoms with Crippen molar-refractivity contribution in [2.24, 2.45) is 0 Å². The van der Waals surface area contributed by atoms with Gasteiger partial charge in [0, 0.05) is 25.5 Å². The highest BCUT2D eigenvalue weighted by Crippen LogP contribution is 2.10. The van der Waals surface area contributed by atoms with Crippen LogP contribution in [0.2, 0.25) is 5.28 Å². The standard InChI is InChI=1S/C10H13ClN6O/c1-2-18-10-15-8(11)14-9(16-10)13-4-6-17-5-3-12-7-17/h3,5,7H,2,4,6H2,1H3,(H,13,14,15,16). The van der Waals surface area contributed by atoms with Gasteiger partial charge in [0.05, 0.1) is 12.9 Å². The van der Waals surface area contributed by atoms with Crippen LogP contribution in [-0.2, 0) is 6.54 Å². The summed E-state index contributed by atoms with van der Waals surface area (Å²) >= 11 is 5.77. The molecule has 0 bridgehead atoms. The summed E-state index contributed by atoms with van der Waals surface area (Å²) in [6.45, 7) is 3.74. The van der Waals surface area contributed by atoms with Crippen LogP contribution >= 0.6 is 11.6 Å². The SMILES string of the molecule is CCOc1nc(Cl)nc(NCCn2ccnc2)n1. The molecule has 8 heteroatoms. The van der Waals surface area contributed by atoms with Crippen molar-refractivity contribution in [3.8, 4) is 6.01 Å². The Kier molecular flexibility index (Phi) is 4.30. The lowest BCUT2D eigenvalue weighted by Crippen LogP contribution is -2.12. The highest BCUT2D eigenvalue weighted by Gasteiger charge is 2.04. The summed E-state index contributed by atoms with van der Waals surface area (Å²) in [5, 5.41) is 3.16. The first kappa shape index (κ1) is 12.6. The Bertz CT molecular complexity index is 489. The molecule has 2 aromatic rings. The molecule has 0 radical (unpaired) electrons. The zero-order valence-corrected chi connectivity index (χ0v) is 10.6. The van der Waals surface area contributed by atoms with Crippen LogP contribution in [0, 0.1) is 0 Å². The molecule has 0 fully saturated rings. The van der Waals surface area contributed by atoms with Gasteiger partial charge in [0.15, 0.2) is 0 Å². The summed E-state index contributed by atoms with van der Waals surface area (Å²) in [5.74, 6) is 0.401. The van der Waals surface area contributed by atoms with Crippen molar-refractivity contribution in [1.82, 2.24) is 24.5 Å². The summed E-state index contributed by atoms with van der Waals surface area (Å²) in [6, 6.07) is 0.225. The third kappa shape index (κ3) is 3.56. The fourth-order valence-electron chi connectivity index (χ4n) is 1.32. The summed E-state index contributed by atoms with van der Waals surface area (Å²) in [6.07, 6.45) is 5.36. The highest BCUT2D eigenvalue weighted by atomic mass is 35.5. The first-order valence-electron chi connectivity index (χ1n) is 5.52. The first-order valence-corrected chi connectivity index (χ1v) is 5.89. The van der Waals surface area contributed by atoms with Crippen molar-refractivity contribution in [3.05, 3.63) is 24.0 Å². The van der Waals surface area contributed by atoms with E-state index in [0.29, 0.717) is 19.1 Å². The highest BCUT2D eigenvalue weighted by molar-refractivity contribution is 6.28. The van der Waals surface area contributed by atoms with Crippen molar-refractivity contribution in [1.29, 1.82) is 0 Å². The van der Waals surface area contributed by atoms with E-state index in [1.807, 2.05) is 17.7 Å². The lowest BCUT2D eigenvalue weighted by molar-refractivity contribution is 0.312. The summed E-state index contributed by atoms with van der Waals surface area (Å²) in [5.41, 5.74) is 0. The second-order valence-corrected chi connectivity index (χ2v) is 3.71. The van der Waals surface area contributed by atoms with Crippen LogP contribution in [0.1, 0.15) is 6.92 Å². The number of rotatable bonds is 6. The maximum absolute atomic E-state index is 5.77. The topological polar surface area (TPSA) is 77.8 Å². The molecule has 96 valence electrons. The minimum atomic E-state index is 0.110. The van der Waals surface area contributed by atoms with Crippen molar-refractivity contribution < 1.29 is 4.74 Å². The number of nitrogens with zero attached hydrogens (tertiary/aromatic N) is 5. The molecule has 2 rings (SSSR count). The van der Waals surface area contributed by atoms with Crippen molar-refractivity contribution in [2.45, 2.75) is 13.5 Å². The molecule has 7 nitrogen and oxygen atoms in total. The van der Waals surface area contributed by atoms with Gasteiger partial charge in [-0.2, -0.15) is 15.0 Å². The second-order valence-electron chi connectivity index (χ2n) is 3.37.